The van der Waals surface area contributed by atoms with E-state index in [1.807, 2.05) is 0 Å². The van der Waals surface area contributed by atoms with E-state index in [9.17, 15) is 4.79 Å². The third-order valence-corrected chi connectivity index (χ3v) is 1.82. The van der Waals surface area contributed by atoms with E-state index in [0.717, 1.165) is 12.2 Å². The number of rotatable bonds is 5. The minimum absolute atomic E-state index is 0.207. The van der Waals surface area contributed by atoms with Crippen molar-refractivity contribution in [1.29, 1.82) is 0 Å². The van der Waals surface area contributed by atoms with Crippen LogP contribution in [0.25, 0.3) is 0 Å². The summed E-state index contributed by atoms with van der Waals surface area (Å²) in [5.41, 5.74) is 0. The van der Waals surface area contributed by atoms with Crippen molar-refractivity contribution < 1.29 is 8.98 Å². The van der Waals surface area contributed by atoms with Gasteiger partial charge in [-0.05, 0) is 6.42 Å². The minimum atomic E-state index is -0.207. The van der Waals surface area contributed by atoms with Crippen molar-refractivity contribution in [3.05, 3.63) is 0 Å². The number of carbonyl (C=O) groups is 1. The molecule has 0 aromatic heterocycles. The van der Waals surface area contributed by atoms with E-state index in [0.29, 0.717) is 0 Å². The summed E-state index contributed by atoms with van der Waals surface area (Å²) in [5.74, 6) is 0.717. The fourth-order valence-electron chi connectivity index (χ4n) is 0.536. The molecular weight excluding hydrogens is 148 g/mol. The lowest BCUT2D eigenvalue weighted by atomic mass is 10.3. The van der Waals surface area contributed by atoms with E-state index in [1.54, 1.807) is 0 Å². The highest BCUT2D eigenvalue weighted by molar-refractivity contribution is 7.95. The van der Waals surface area contributed by atoms with E-state index >= 15 is 0 Å². The molecule has 0 aromatic carbocycles. The fraction of sp³-hybridized carbons (Fsp3) is 0.857. The molecule has 2 nitrogen and oxygen atoms in total. The van der Waals surface area contributed by atoms with Crippen molar-refractivity contribution in [3.63, 3.8) is 0 Å². The van der Waals surface area contributed by atoms with Gasteiger partial charge in [0.15, 0.2) is 0 Å². The van der Waals surface area contributed by atoms with E-state index < -0.39 is 0 Å². The van der Waals surface area contributed by atoms with Gasteiger partial charge in [0.05, 0.1) is 12.0 Å². The topological polar surface area (TPSA) is 26.3 Å². The molecule has 0 bridgehead atoms. The zero-order valence-corrected chi connectivity index (χ0v) is 7.37. The van der Waals surface area contributed by atoms with Crippen LogP contribution in [0, 0.1) is 0 Å². The lowest BCUT2D eigenvalue weighted by molar-refractivity contribution is -0.130. The van der Waals surface area contributed by atoms with Crippen LogP contribution in [-0.2, 0) is 8.98 Å². The maximum atomic E-state index is 10.2. The molecule has 0 saturated heterocycles. The van der Waals surface area contributed by atoms with Gasteiger partial charge in [0.1, 0.15) is 0 Å². The quantitative estimate of drug-likeness (QED) is 0.458. The van der Waals surface area contributed by atoms with Gasteiger partial charge >= 0.3 is 5.97 Å². The van der Waals surface area contributed by atoms with Crippen molar-refractivity contribution in [2.45, 2.75) is 33.1 Å². The summed E-state index contributed by atoms with van der Waals surface area (Å²) in [6, 6.07) is 0. The van der Waals surface area contributed by atoms with Crippen molar-refractivity contribution >= 4 is 18.0 Å². The molecular formula is C7H14O2S. The average Bonchev–Trinajstić information content (AvgIpc) is 1.87. The number of hydrogen-bond donors (Lipinski definition) is 0. The third-order valence-electron chi connectivity index (χ3n) is 1.01. The highest BCUT2D eigenvalue weighted by Gasteiger charge is 1.92. The zero-order valence-electron chi connectivity index (χ0n) is 6.55. The van der Waals surface area contributed by atoms with Gasteiger partial charge in [0, 0.05) is 12.7 Å². The molecule has 0 aliphatic heterocycles. The van der Waals surface area contributed by atoms with Gasteiger partial charge in [0.2, 0.25) is 0 Å². The molecule has 0 spiro atoms. The summed E-state index contributed by atoms with van der Waals surface area (Å²) in [6.07, 6.45) is 3.56. The highest BCUT2D eigenvalue weighted by Crippen LogP contribution is 2.07. The molecule has 0 saturated carbocycles. The first-order chi connectivity index (χ1) is 4.77. The van der Waals surface area contributed by atoms with Crippen LogP contribution in [-0.4, -0.2) is 11.7 Å². The van der Waals surface area contributed by atoms with Gasteiger partial charge in [-0.25, -0.2) is 0 Å². The standard InChI is InChI=1S/C7H14O2S/c1-3-4-5-6-10-9-7(2)8/h3-6H2,1-2H3. The molecule has 0 aromatic rings. The normalized spacial score (nSPS) is 9.40. The van der Waals surface area contributed by atoms with Gasteiger partial charge in [-0.2, -0.15) is 0 Å². The van der Waals surface area contributed by atoms with E-state index in [4.69, 9.17) is 0 Å². The van der Waals surface area contributed by atoms with E-state index in [2.05, 4.69) is 11.1 Å². The highest BCUT2D eigenvalue weighted by atomic mass is 32.2. The second kappa shape index (κ2) is 6.93. The molecule has 0 rings (SSSR count). The molecule has 0 fully saturated rings. The van der Waals surface area contributed by atoms with Gasteiger partial charge in [0.25, 0.3) is 0 Å². The molecule has 0 heterocycles. The molecule has 10 heavy (non-hydrogen) atoms. The number of carbonyl (C=O) groups excluding carboxylic acids is 1. The predicted molar refractivity (Wildman–Crippen MR) is 43.7 cm³/mol. The Morgan fingerprint density at radius 2 is 2.20 bits per heavy atom. The van der Waals surface area contributed by atoms with Gasteiger partial charge in [-0.15, -0.1) is 0 Å². The fourth-order valence-corrected chi connectivity index (χ4v) is 1.11. The van der Waals surface area contributed by atoms with Crippen LogP contribution >= 0.6 is 12.0 Å². The minimum Gasteiger partial charge on any atom is -0.392 e. The number of unbranched alkanes of at least 4 members (excludes halogenated alkanes) is 2. The van der Waals surface area contributed by atoms with Crippen LogP contribution in [0.3, 0.4) is 0 Å². The van der Waals surface area contributed by atoms with Crippen molar-refractivity contribution in [2.24, 2.45) is 0 Å². The largest absolute Gasteiger partial charge is 0.392 e. The average molecular weight is 162 g/mol. The summed E-state index contributed by atoms with van der Waals surface area (Å²) < 4.78 is 4.67. The molecule has 0 N–H and O–H groups in total. The molecule has 0 unspecified atom stereocenters. The molecule has 0 amide bonds. The van der Waals surface area contributed by atoms with Crippen molar-refractivity contribution in [1.82, 2.24) is 0 Å². The molecule has 60 valence electrons. The molecule has 0 atom stereocenters. The van der Waals surface area contributed by atoms with Crippen LogP contribution in [0.15, 0.2) is 0 Å². The van der Waals surface area contributed by atoms with Gasteiger partial charge in [-0.1, -0.05) is 19.8 Å². The Morgan fingerprint density at radius 1 is 1.50 bits per heavy atom. The molecule has 0 aliphatic rings. The Morgan fingerprint density at radius 3 is 2.70 bits per heavy atom. The van der Waals surface area contributed by atoms with Crippen LogP contribution in [0.4, 0.5) is 0 Å². The first-order valence-electron chi connectivity index (χ1n) is 3.57. The van der Waals surface area contributed by atoms with Crippen molar-refractivity contribution in [3.8, 4) is 0 Å². The van der Waals surface area contributed by atoms with Gasteiger partial charge in [-0.3, -0.25) is 4.79 Å². The van der Waals surface area contributed by atoms with Crippen LogP contribution in [0.1, 0.15) is 33.1 Å². The molecule has 0 radical (unpaired) electrons. The monoisotopic (exact) mass is 162 g/mol. The van der Waals surface area contributed by atoms with Crippen LogP contribution < -0.4 is 0 Å². The van der Waals surface area contributed by atoms with Crippen molar-refractivity contribution in [2.75, 3.05) is 5.75 Å². The predicted octanol–water partition coefficient (Wildman–Crippen LogP) is 2.39. The first-order valence-corrected chi connectivity index (χ1v) is 4.48. The van der Waals surface area contributed by atoms with E-state index in [-0.39, 0.29) is 5.97 Å². The van der Waals surface area contributed by atoms with Gasteiger partial charge < -0.3 is 4.18 Å². The summed E-state index contributed by atoms with van der Waals surface area (Å²) in [7, 11) is 0. The Labute approximate surface area is 66.5 Å². The lowest BCUT2D eigenvalue weighted by Crippen LogP contribution is -1.90. The molecule has 0 aliphatic carbocycles. The van der Waals surface area contributed by atoms with Crippen LogP contribution in [0.2, 0.25) is 0 Å². The zero-order chi connectivity index (χ0) is 7.82. The number of hydrogen-bond acceptors (Lipinski definition) is 3. The maximum absolute atomic E-state index is 10.2. The Bertz CT molecular complexity index is 93.6. The lowest BCUT2D eigenvalue weighted by Gasteiger charge is -1.97. The second-order valence-electron chi connectivity index (χ2n) is 2.10. The summed E-state index contributed by atoms with van der Waals surface area (Å²) >= 11 is 1.25. The summed E-state index contributed by atoms with van der Waals surface area (Å²) in [4.78, 5) is 10.2. The Hall–Kier alpha value is -0.180. The Balaban J connectivity index is 2.84. The van der Waals surface area contributed by atoms with E-state index in [1.165, 1.54) is 31.8 Å². The second-order valence-corrected chi connectivity index (χ2v) is 2.91. The SMILES string of the molecule is CCCCCSOC(C)=O. The third kappa shape index (κ3) is 7.82. The summed E-state index contributed by atoms with van der Waals surface area (Å²) in [5, 5.41) is 0. The first kappa shape index (κ1) is 9.82. The smallest absolute Gasteiger partial charge is 0.314 e. The molecule has 3 heteroatoms. The Kier molecular flexibility index (Phi) is 6.81. The summed E-state index contributed by atoms with van der Waals surface area (Å²) in [6.45, 7) is 3.57. The van der Waals surface area contributed by atoms with Crippen LogP contribution in [0.5, 0.6) is 0 Å². The maximum Gasteiger partial charge on any atom is 0.314 e.